The van der Waals surface area contributed by atoms with Crippen LogP contribution in [0.25, 0.3) is 0 Å². The minimum absolute atomic E-state index is 0.278. The number of allylic oxidation sites excluding steroid dienone is 2. The van der Waals surface area contributed by atoms with Crippen molar-refractivity contribution in [1.82, 2.24) is 0 Å². The lowest BCUT2D eigenvalue weighted by atomic mass is 9.75. The van der Waals surface area contributed by atoms with Gasteiger partial charge in [-0.15, -0.1) is 0 Å². The van der Waals surface area contributed by atoms with E-state index in [1.807, 2.05) is 12.1 Å². The zero-order chi connectivity index (χ0) is 16.7. The van der Waals surface area contributed by atoms with Crippen LogP contribution in [-0.2, 0) is 0 Å². The number of rotatable bonds is 3. The van der Waals surface area contributed by atoms with Crippen molar-refractivity contribution in [2.75, 3.05) is 19.5 Å². The van der Waals surface area contributed by atoms with Gasteiger partial charge in [-0.05, 0) is 42.5 Å². The summed E-state index contributed by atoms with van der Waals surface area (Å²) >= 11 is 0. The first kappa shape index (κ1) is 15.1. The van der Waals surface area contributed by atoms with Gasteiger partial charge in [0.15, 0.2) is 0 Å². The van der Waals surface area contributed by atoms with Gasteiger partial charge in [0, 0.05) is 11.5 Å². The molecule has 0 saturated carbocycles. The third-order valence-corrected chi connectivity index (χ3v) is 5.40. The first-order chi connectivity index (χ1) is 11.7. The Morgan fingerprint density at radius 1 is 1.00 bits per heavy atom. The van der Waals surface area contributed by atoms with Crippen LogP contribution in [0.1, 0.15) is 35.1 Å². The van der Waals surface area contributed by atoms with Crippen LogP contribution in [0, 0.1) is 12.8 Å². The maximum atomic E-state index is 5.66. The Morgan fingerprint density at radius 2 is 1.75 bits per heavy atom. The normalized spacial score (nSPS) is 24.0. The molecular formula is C21H23NO2. The quantitative estimate of drug-likeness (QED) is 0.821. The highest BCUT2D eigenvalue weighted by molar-refractivity contribution is 5.72. The molecule has 1 N–H and O–H groups in total. The molecule has 2 aromatic rings. The van der Waals surface area contributed by atoms with Crippen LogP contribution >= 0.6 is 0 Å². The van der Waals surface area contributed by atoms with E-state index in [4.69, 9.17) is 9.47 Å². The standard InChI is InChI=1S/C21H23NO2/c1-13-7-4-5-8-14(13)20-16-10-6-9-15(16)19-17(23-2)11-12-18(24-3)21(19)22-20/h4-9,11-12,15-16,20,22H,10H2,1-3H3. The highest BCUT2D eigenvalue weighted by Gasteiger charge is 2.41. The lowest BCUT2D eigenvalue weighted by molar-refractivity contribution is 0.370. The van der Waals surface area contributed by atoms with E-state index in [-0.39, 0.29) is 6.04 Å². The highest BCUT2D eigenvalue weighted by atomic mass is 16.5. The summed E-state index contributed by atoms with van der Waals surface area (Å²) in [5.74, 6) is 2.67. The van der Waals surface area contributed by atoms with E-state index in [0.29, 0.717) is 11.8 Å². The van der Waals surface area contributed by atoms with Gasteiger partial charge >= 0.3 is 0 Å². The van der Waals surface area contributed by atoms with Gasteiger partial charge < -0.3 is 14.8 Å². The highest BCUT2D eigenvalue weighted by Crippen LogP contribution is 2.55. The molecule has 3 atom stereocenters. The van der Waals surface area contributed by atoms with E-state index >= 15 is 0 Å². The number of hydrogen-bond acceptors (Lipinski definition) is 3. The molecule has 0 bridgehead atoms. The summed E-state index contributed by atoms with van der Waals surface area (Å²) in [6, 6.07) is 12.9. The van der Waals surface area contributed by atoms with Crippen molar-refractivity contribution in [3.8, 4) is 11.5 Å². The molecule has 124 valence electrons. The van der Waals surface area contributed by atoms with E-state index in [1.165, 1.54) is 16.7 Å². The Balaban J connectivity index is 1.88. The topological polar surface area (TPSA) is 30.5 Å². The SMILES string of the molecule is COc1ccc(OC)c2c1NC(c1ccccc1C)C1CC=CC21. The largest absolute Gasteiger partial charge is 0.496 e. The predicted octanol–water partition coefficient (Wildman–Crippen LogP) is 4.84. The van der Waals surface area contributed by atoms with E-state index in [2.05, 4.69) is 48.7 Å². The molecule has 2 aromatic carbocycles. The van der Waals surface area contributed by atoms with Crippen molar-refractivity contribution in [1.29, 1.82) is 0 Å². The number of aryl methyl sites for hydroxylation is 1. The lowest BCUT2D eigenvalue weighted by Gasteiger charge is -2.39. The van der Waals surface area contributed by atoms with Crippen molar-refractivity contribution < 1.29 is 9.47 Å². The molecule has 3 heteroatoms. The number of fused-ring (bicyclic) bond motifs is 3. The number of nitrogens with one attached hydrogen (secondary N) is 1. The molecule has 0 radical (unpaired) electrons. The van der Waals surface area contributed by atoms with E-state index in [9.17, 15) is 0 Å². The van der Waals surface area contributed by atoms with Gasteiger partial charge in [-0.2, -0.15) is 0 Å². The maximum absolute atomic E-state index is 5.66. The molecule has 3 unspecified atom stereocenters. The average molecular weight is 321 g/mol. The molecular weight excluding hydrogens is 298 g/mol. The fourth-order valence-corrected chi connectivity index (χ4v) is 4.24. The molecule has 0 aromatic heterocycles. The van der Waals surface area contributed by atoms with E-state index in [1.54, 1.807) is 14.2 Å². The zero-order valence-electron chi connectivity index (χ0n) is 14.4. The molecule has 0 spiro atoms. The summed E-state index contributed by atoms with van der Waals surface area (Å²) in [6.45, 7) is 2.19. The Morgan fingerprint density at radius 3 is 2.50 bits per heavy atom. The van der Waals surface area contributed by atoms with Crippen molar-refractivity contribution in [3.05, 3.63) is 65.2 Å². The Bertz CT molecular complexity index is 796. The van der Waals surface area contributed by atoms with Gasteiger partial charge in [0.1, 0.15) is 11.5 Å². The number of hydrogen-bond donors (Lipinski definition) is 1. The van der Waals surface area contributed by atoms with Crippen LogP contribution < -0.4 is 14.8 Å². The maximum Gasteiger partial charge on any atom is 0.142 e. The van der Waals surface area contributed by atoms with E-state index in [0.717, 1.165) is 23.6 Å². The number of ether oxygens (including phenoxy) is 2. The predicted molar refractivity (Wildman–Crippen MR) is 97.1 cm³/mol. The summed E-state index contributed by atoms with van der Waals surface area (Å²) in [5, 5.41) is 3.77. The molecule has 3 nitrogen and oxygen atoms in total. The number of anilines is 1. The molecule has 1 aliphatic heterocycles. The van der Waals surface area contributed by atoms with Gasteiger partial charge in [0.25, 0.3) is 0 Å². The third kappa shape index (κ3) is 2.19. The first-order valence-electron chi connectivity index (χ1n) is 8.48. The minimum Gasteiger partial charge on any atom is -0.496 e. The van der Waals surface area contributed by atoms with Gasteiger partial charge in [-0.3, -0.25) is 0 Å². The van der Waals surface area contributed by atoms with E-state index < -0.39 is 0 Å². The molecule has 4 rings (SSSR count). The molecule has 1 heterocycles. The fourth-order valence-electron chi connectivity index (χ4n) is 4.24. The van der Waals surface area contributed by atoms with Gasteiger partial charge in [-0.25, -0.2) is 0 Å². The molecule has 1 aliphatic carbocycles. The first-order valence-corrected chi connectivity index (χ1v) is 8.48. The minimum atomic E-state index is 0.278. The second kappa shape index (κ2) is 5.90. The second-order valence-corrected chi connectivity index (χ2v) is 6.59. The Hall–Kier alpha value is -2.42. The van der Waals surface area contributed by atoms with Crippen LogP contribution in [-0.4, -0.2) is 14.2 Å². The summed E-state index contributed by atoms with van der Waals surface area (Å²) in [6.07, 6.45) is 5.71. The van der Waals surface area contributed by atoms with Crippen molar-refractivity contribution in [3.63, 3.8) is 0 Å². The molecule has 0 fully saturated rings. The summed E-state index contributed by atoms with van der Waals surface area (Å²) in [4.78, 5) is 0. The Kier molecular flexibility index (Phi) is 3.72. The Labute approximate surface area is 143 Å². The zero-order valence-corrected chi connectivity index (χ0v) is 14.4. The molecule has 0 saturated heterocycles. The van der Waals surface area contributed by atoms with Crippen LogP contribution in [0.3, 0.4) is 0 Å². The van der Waals surface area contributed by atoms with Crippen LogP contribution in [0.5, 0.6) is 11.5 Å². The van der Waals surface area contributed by atoms with Crippen molar-refractivity contribution in [2.24, 2.45) is 5.92 Å². The lowest BCUT2D eigenvalue weighted by Crippen LogP contribution is -2.30. The summed E-state index contributed by atoms with van der Waals surface area (Å²) < 4.78 is 11.3. The number of benzene rings is 2. The number of methoxy groups -OCH3 is 2. The van der Waals surface area contributed by atoms with Crippen LogP contribution in [0.2, 0.25) is 0 Å². The van der Waals surface area contributed by atoms with Gasteiger partial charge in [-0.1, -0.05) is 36.4 Å². The van der Waals surface area contributed by atoms with Crippen molar-refractivity contribution >= 4 is 5.69 Å². The third-order valence-electron chi connectivity index (χ3n) is 5.40. The average Bonchev–Trinajstić information content (AvgIpc) is 3.10. The molecule has 0 amide bonds. The summed E-state index contributed by atoms with van der Waals surface area (Å²) in [7, 11) is 3.46. The molecule has 24 heavy (non-hydrogen) atoms. The van der Waals surface area contributed by atoms with Crippen LogP contribution in [0.15, 0.2) is 48.6 Å². The van der Waals surface area contributed by atoms with Crippen LogP contribution in [0.4, 0.5) is 5.69 Å². The molecule has 2 aliphatic rings. The second-order valence-electron chi connectivity index (χ2n) is 6.59. The summed E-state index contributed by atoms with van der Waals surface area (Å²) in [5.41, 5.74) is 4.98. The monoisotopic (exact) mass is 321 g/mol. The van der Waals surface area contributed by atoms with Crippen molar-refractivity contribution in [2.45, 2.75) is 25.3 Å². The van der Waals surface area contributed by atoms with Gasteiger partial charge in [0.2, 0.25) is 0 Å². The van der Waals surface area contributed by atoms with Gasteiger partial charge in [0.05, 0.1) is 25.9 Å². The smallest absolute Gasteiger partial charge is 0.142 e. The fraction of sp³-hybridized carbons (Fsp3) is 0.333.